The summed E-state index contributed by atoms with van der Waals surface area (Å²) in [5.41, 5.74) is 10.9. The van der Waals surface area contributed by atoms with Crippen LogP contribution in [0.1, 0.15) is 12.6 Å². The van der Waals surface area contributed by atoms with Crippen molar-refractivity contribution in [2.45, 2.75) is 6.92 Å². The van der Waals surface area contributed by atoms with Crippen LogP contribution in [-0.4, -0.2) is 40.7 Å². The van der Waals surface area contributed by atoms with Crippen LogP contribution in [0.5, 0.6) is 0 Å². The third kappa shape index (κ3) is 3.84. The largest absolute Gasteiger partial charge is 0.399 e. The van der Waals surface area contributed by atoms with Gasteiger partial charge in [0.2, 0.25) is 0 Å². The van der Waals surface area contributed by atoms with E-state index in [1.165, 1.54) is 5.69 Å². The van der Waals surface area contributed by atoms with Crippen LogP contribution in [0.4, 0.5) is 17.2 Å². The highest BCUT2D eigenvalue weighted by molar-refractivity contribution is 5.74. The maximum atomic E-state index is 5.72. The quantitative estimate of drug-likeness (QED) is 0.666. The molecule has 0 spiro atoms. The fourth-order valence-electron chi connectivity index (χ4n) is 3.27. The van der Waals surface area contributed by atoms with Gasteiger partial charge in [0.05, 0.1) is 18.9 Å². The Bertz CT molecular complexity index is 1020. The molecule has 0 amide bonds. The second-order valence-electron chi connectivity index (χ2n) is 6.81. The molecule has 7 nitrogen and oxygen atoms in total. The van der Waals surface area contributed by atoms with E-state index in [4.69, 9.17) is 15.5 Å². The van der Waals surface area contributed by atoms with E-state index in [0.717, 1.165) is 48.9 Å². The summed E-state index contributed by atoms with van der Waals surface area (Å²) in [4.78, 5) is 11.5. The van der Waals surface area contributed by atoms with Crippen molar-refractivity contribution in [3.8, 4) is 0 Å². The van der Waals surface area contributed by atoms with Crippen molar-refractivity contribution in [3.63, 3.8) is 0 Å². The number of aromatic nitrogens is 3. The lowest BCUT2D eigenvalue weighted by Gasteiger charge is -2.28. The van der Waals surface area contributed by atoms with E-state index in [2.05, 4.69) is 46.0 Å². The molecule has 144 valence electrons. The van der Waals surface area contributed by atoms with Crippen molar-refractivity contribution in [1.82, 2.24) is 14.4 Å². The molecular formula is C21H24N6O. The molecule has 0 bridgehead atoms. The number of nitrogens with one attached hydrogen (secondary N) is 1. The average Bonchev–Trinajstić information content (AvgIpc) is 3.18. The van der Waals surface area contributed by atoms with Gasteiger partial charge in [-0.15, -0.1) is 0 Å². The zero-order chi connectivity index (χ0) is 19.5. The number of hydrogen-bond donors (Lipinski definition) is 2. The van der Waals surface area contributed by atoms with Gasteiger partial charge in [0.15, 0.2) is 11.5 Å². The summed E-state index contributed by atoms with van der Waals surface area (Å²) in [6.45, 7) is 9.09. The second kappa shape index (κ2) is 7.74. The molecule has 28 heavy (non-hydrogen) atoms. The molecule has 1 aliphatic heterocycles. The van der Waals surface area contributed by atoms with Crippen LogP contribution in [0.15, 0.2) is 61.2 Å². The third-order valence-electron chi connectivity index (χ3n) is 4.69. The Morgan fingerprint density at radius 2 is 2.00 bits per heavy atom. The zero-order valence-corrected chi connectivity index (χ0v) is 15.9. The molecular weight excluding hydrogens is 352 g/mol. The van der Waals surface area contributed by atoms with E-state index < -0.39 is 0 Å². The molecule has 1 saturated heterocycles. The minimum atomic E-state index is 0.498. The normalized spacial score (nSPS) is 15.0. The predicted molar refractivity (Wildman–Crippen MR) is 113 cm³/mol. The molecule has 0 saturated carbocycles. The Hall–Kier alpha value is -3.32. The van der Waals surface area contributed by atoms with Crippen LogP contribution in [0.2, 0.25) is 0 Å². The van der Waals surface area contributed by atoms with Crippen LogP contribution in [0.3, 0.4) is 0 Å². The van der Waals surface area contributed by atoms with Crippen LogP contribution >= 0.6 is 0 Å². The van der Waals surface area contributed by atoms with Gasteiger partial charge in [-0.05, 0) is 42.8 Å². The first-order valence-corrected chi connectivity index (χ1v) is 9.27. The summed E-state index contributed by atoms with van der Waals surface area (Å²) in [5.74, 6) is 0.692. The molecule has 4 rings (SSSR count). The minimum Gasteiger partial charge on any atom is -0.399 e. The Labute approximate surface area is 164 Å². The molecule has 0 radical (unpaired) electrons. The summed E-state index contributed by atoms with van der Waals surface area (Å²) >= 11 is 0. The van der Waals surface area contributed by atoms with Crippen molar-refractivity contribution in [1.29, 1.82) is 0 Å². The van der Waals surface area contributed by atoms with Crippen LogP contribution in [0.25, 0.3) is 11.2 Å². The van der Waals surface area contributed by atoms with Crippen LogP contribution in [-0.2, 0) is 4.74 Å². The number of nitrogens with two attached hydrogens (primary N) is 1. The van der Waals surface area contributed by atoms with Gasteiger partial charge in [-0.25, -0.2) is 9.97 Å². The first-order valence-electron chi connectivity index (χ1n) is 9.27. The standard InChI is InChI=1S/C21H24N6O/c1-15(13-16(2)22)19-14-27-8-7-23-21(27)20(25-19)24-17-3-5-18(6-4-17)26-9-11-28-12-10-26/h3-8,13-14H,2,9-12,22H2,1H3,(H,24,25)/b15-13+. The number of morpholine rings is 1. The van der Waals surface area contributed by atoms with Crippen molar-refractivity contribution < 1.29 is 4.74 Å². The van der Waals surface area contributed by atoms with E-state index in [1.54, 1.807) is 6.20 Å². The van der Waals surface area contributed by atoms with Crippen LogP contribution in [0, 0.1) is 0 Å². The number of ether oxygens (including phenoxy) is 1. The number of benzene rings is 1. The van der Waals surface area contributed by atoms with Crippen molar-refractivity contribution in [2.75, 3.05) is 36.5 Å². The Morgan fingerprint density at radius 3 is 2.71 bits per heavy atom. The molecule has 3 heterocycles. The molecule has 0 atom stereocenters. The SMILES string of the molecule is C=C(N)/C=C(\C)c1cn2ccnc2c(Nc2ccc(N3CCOCC3)cc2)n1. The van der Waals surface area contributed by atoms with Gasteiger partial charge in [-0.3, -0.25) is 0 Å². The number of anilines is 3. The average molecular weight is 376 g/mol. The highest BCUT2D eigenvalue weighted by Gasteiger charge is 2.12. The third-order valence-corrected chi connectivity index (χ3v) is 4.69. The number of imidazole rings is 1. The second-order valence-corrected chi connectivity index (χ2v) is 6.81. The molecule has 3 aromatic rings. The highest BCUT2D eigenvalue weighted by Crippen LogP contribution is 2.25. The van der Waals surface area contributed by atoms with Gasteiger partial charge in [-0.1, -0.05) is 6.58 Å². The number of rotatable bonds is 5. The van der Waals surface area contributed by atoms with Gasteiger partial charge in [0.1, 0.15) is 0 Å². The maximum Gasteiger partial charge on any atom is 0.180 e. The molecule has 1 fully saturated rings. The Balaban J connectivity index is 1.62. The predicted octanol–water partition coefficient (Wildman–Crippen LogP) is 3.19. The summed E-state index contributed by atoms with van der Waals surface area (Å²) in [6, 6.07) is 8.35. The van der Waals surface area contributed by atoms with Crippen molar-refractivity contribution >= 4 is 28.4 Å². The van der Waals surface area contributed by atoms with Crippen LogP contribution < -0.4 is 16.0 Å². The van der Waals surface area contributed by atoms with Gasteiger partial charge >= 0.3 is 0 Å². The van der Waals surface area contributed by atoms with Crippen molar-refractivity contribution in [2.24, 2.45) is 5.73 Å². The first kappa shape index (κ1) is 18.1. The summed E-state index contributed by atoms with van der Waals surface area (Å²) in [7, 11) is 0. The van der Waals surface area contributed by atoms with Gasteiger partial charge in [-0.2, -0.15) is 0 Å². The minimum absolute atomic E-state index is 0.498. The van der Waals surface area contributed by atoms with Crippen molar-refractivity contribution in [3.05, 3.63) is 66.9 Å². The number of allylic oxidation sites excluding steroid dienone is 2. The van der Waals surface area contributed by atoms with E-state index in [-0.39, 0.29) is 0 Å². The van der Waals surface area contributed by atoms with E-state index in [9.17, 15) is 0 Å². The monoisotopic (exact) mass is 376 g/mol. The fraction of sp³-hybridized carbons (Fsp3) is 0.238. The van der Waals surface area contributed by atoms with Gasteiger partial charge in [0.25, 0.3) is 0 Å². The topological polar surface area (TPSA) is 80.7 Å². The smallest absolute Gasteiger partial charge is 0.180 e. The fourth-order valence-corrected chi connectivity index (χ4v) is 3.27. The Kier molecular flexibility index (Phi) is 4.99. The lowest BCUT2D eigenvalue weighted by molar-refractivity contribution is 0.122. The lowest BCUT2D eigenvalue weighted by atomic mass is 10.2. The van der Waals surface area contributed by atoms with E-state index in [0.29, 0.717) is 11.5 Å². The Morgan fingerprint density at radius 1 is 1.25 bits per heavy atom. The van der Waals surface area contributed by atoms with Gasteiger partial charge < -0.3 is 25.1 Å². The zero-order valence-electron chi connectivity index (χ0n) is 15.9. The molecule has 3 N–H and O–H groups in total. The van der Waals surface area contributed by atoms with E-state index in [1.807, 2.05) is 29.8 Å². The summed E-state index contributed by atoms with van der Waals surface area (Å²) in [6.07, 6.45) is 7.40. The molecule has 0 unspecified atom stereocenters. The van der Waals surface area contributed by atoms with Gasteiger partial charge in [0, 0.05) is 48.8 Å². The molecule has 2 aromatic heterocycles. The first-order chi connectivity index (χ1) is 13.6. The summed E-state index contributed by atoms with van der Waals surface area (Å²) in [5, 5.41) is 3.39. The molecule has 0 aliphatic carbocycles. The maximum absolute atomic E-state index is 5.72. The molecule has 7 heteroatoms. The molecule has 1 aliphatic rings. The van der Waals surface area contributed by atoms with E-state index >= 15 is 0 Å². The summed E-state index contributed by atoms with van der Waals surface area (Å²) < 4.78 is 7.37. The number of nitrogens with zero attached hydrogens (tertiary/aromatic N) is 4. The lowest BCUT2D eigenvalue weighted by Crippen LogP contribution is -2.36. The highest BCUT2D eigenvalue weighted by atomic mass is 16.5. The molecule has 1 aromatic carbocycles. The number of fused-ring (bicyclic) bond motifs is 1. The number of hydrogen-bond acceptors (Lipinski definition) is 6.